The van der Waals surface area contributed by atoms with Crippen molar-refractivity contribution in [2.24, 2.45) is 0 Å². The van der Waals surface area contributed by atoms with Crippen LogP contribution in [0.25, 0.3) is 5.65 Å². The Morgan fingerprint density at radius 2 is 2.50 bits per heavy atom. The number of carbonyl (C=O) groups excluding carboxylic acids is 1. The average Bonchev–Trinajstić information content (AvgIpc) is 2.72. The smallest absolute Gasteiger partial charge is 0.308 e. The summed E-state index contributed by atoms with van der Waals surface area (Å²) in [5.74, 6) is -0.475. The summed E-state index contributed by atoms with van der Waals surface area (Å²) in [7, 11) is 1.28. The lowest BCUT2D eigenvalue weighted by molar-refractivity contribution is -0.142. The second-order valence-corrected chi connectivity index (χ2v) is 3.29. The first-order valence-electron chi connectivity index (χ1n) is 4.76. The molecule has 0 aliphatic carbocycles. The van der Waals surface area contributed by atoms with Gasteiger partial charge in [-0.15, -0.1) is 0 Å². The van der Waals surface area contributed by atoms with Crippen LogP contribution in [0.2, 0.25) is 0 Å². The largest absolute Gasteiger partial charge is 0.469 e. The van der Waals surface area contributed by atoms with E-state index in [-0.39, 0.29) is 6.42 Å². The number of hydrogen-bond acceptors (Lipinski definition) is 5. The van der Waals surface area contributed by atoms with Gasteiger partial charge >= 0.3 is 5.97 Å². The topological polar surface area (TPSA) is 76.7 Å². The molecule has 6 heteroatoms. The molecule has 84 valence electrons. The van der Waals surface area contributed by atoms with Crippen LogP contribution in [-0.4, -0.2) is 32.8 Å². The van der Waals surface area contributed by atoms with E-state index in [9.17, 15) is 9.90 Å². The summed E-state index contributed by atoms with van der Waals surface area (Å²) >= 11 is 0. The second-order valence-electron chi connectivity index (χ2n) is 3.29. The van der Waals surface area contributed by atoms with Gasteiger partial charge in [-0.25, -0.2) is 9.50 Å². The summed E-state index contributed by atoms with van der Waals surface area (Å²) in [5, 5.41) is 13.8. The van der Waals surface area contributed by atoms with Crippen molar-refractivity contribution in [2.45, 2.75) is 12.5 Å². The fourth-order valence-electron chi connectivity index (χ4n) is 1.36. The zero-order valence-corrected chi connectivity index (χ0v) is 8.70. The molecule has 0 saturated heterocycles. The zero-order valence-electron chi connectivity index (χ0n) is 8.70. The monoisotopic (exact) mass is 221 g/mol. The van der Waals surface area contributed by atoms with Crippen molar-refractivity contribution in [3.8, 4) is 0 Å². The molecule has 0 aromatic carbocycles. The molecule has 0 aliphatic rings. The number of nitrogens with zero attached hydrogens (tertiary/aromatic N) is 3. The third-order valence-corrected chi connectivity index (χ3v) is 2.18. The lowest BCUT2D eigenvalue weighted by Gasteiger charge is -2.04. The van der Waals surface area contributed by atoms with Crippen LogP contribution in [0.5, 0.6) is 0 Å². The lowest BCUT2D eigenvalue weighted by Crippen LogP contribution is -2.08. The number of fused-ring (bicyclic) bond motifs is 1. The van der Waals surface area contributed by atoms with Crippen molar-refractivity contribution in [2.75, 3.05) is 7.11 Å². The molecule has 2 heterocycles. The van der Waals surface area contributed by atoms with Crippen molar-refractivity contribution in [3.05, 3.63) is 30.2 Å². The summed E-state index contributed by atoms with van der Waals surface area (Å²) in [6, 6.07) is 3.37. The van der Waals surface area contributed by atoms with Crippen molar-refractivity contribution in [3.63, 3.8) is 0 Å². The number of ether oxygens (including phenoxy) is 1. The van der Waals surface area contributed by atoms with Gasteiger partial charge < -0.3 is 9.84 Å². The van der Waals surface area contributed by atoms with Crippen LogP contribution in [0.3, 0.4) is 0 Å². The quantitative estimate of drug-likeness (QED) is 0.755. The molecular formula is C10H11N3O3. The van der Waals surface area contributed by atoms with Gasteiger partial charge in [0.1, 0.15) is 6.10 Å². The molecule has 2 aromatic rings. The second kappa shape index (κ2) is 4.28. The highest BCUT2D eigenvalue weighted by atomic mass is 16.5. The Hall–Kier alpha value is -1.95. The molecule has 0 bridgehead atoms. The van der Waals surface area contributed by atoms with Crippen molar-refractivity contribution >= 4 is 11.6 Å². The third kappa shape index (κ3) is 2.01. The molecule has 16 heavy (non-hydrogen) atoms. The molecule has 0 spiro atoms. The van der Waals surface area contributed by atoms with Crippen molar-refractivity contribution < 1.29 is 14.6 Å². The lowest BCUT2D eigenvalue weighted by atomic mass is 10.2. The highest BCUT2D eigenvalue weighted by Crippen LogP contribution is 2.16. The van der Waals surface area contributed by atoms with Crippen LogP contribution in [0.1, 0.15) is 18.2 Å². The maximum absolute atomic E-state index is 11.0. The Bertz CT molecular complexity index is 476. The molecule has 0 fully saturated rings. The number of rotatable bonds is 3. The van der Waals surface area contributed by atoms with E-state index in [4.69, 9.17) is 0 Å². The number of hydrogen-bond donors (Lipinski definition) is 1. The molecule has 1 unspecified atom stereocenters. The highest BCUT2D eigenvalue weighted by molar-refractivity contribution is 5.70. The van der Waals surface area contributed by atoms with Crippen LogP contribution in [0.15, 0.2) is 24.5 Å². The molecule has 2 aromatic heterocycles. The van der Waals surface area contributed by atoms with Gasteiger partial charge in [0.2, 0.25) is 0 Å². The van der Waals surface area contributed by atoms with E-state index in [1.165, 1.54) is 11.6 Å². The van der Waals surface area contributed by atoms with Crippen LogP contribution in [-0.2, 0) is 9.53 Å². The van der Waals surface area contributed by atoms with Crippen LogP contribution in [0.4, 0.5) is 0 Å². The number of carbonyl (C=O) groups is 1. The Labute approximate surface area is 91.5 Å². The van der Waals surface area contributed by atoms with Crippen molar-refractivity contribution in [1.82, 2.24) is 14.6 Å². The van der Waals surface area contributed by atoms with E-state index in [1.54, 1.807) is 24.5 Å². The van der Waals surface area contributed by atoms with Gasteiger partial charge in [-0.05, 0) is 6.07 Å². The van der Waals surface area contributed by atoms with Gasteiger partial charge in [0.25, 0.3) is 0 Å². The number of aliphatic hydroxyl groups excluding tert-OH is 1. The first-order valence-corrected chi connectivity index (χ1v) is 4.76. The maximum Gasteiger partial charge on any atom is 0.308 e. The van der Waals surface area contributed by atoms with E-state index >= 15 is 0 Å². The van der Waals surface area contributed by atoms with Gasteiger partial charge in [0, 0.05) is 18.5 Å². The number of aliphatic hydroxyl groups is 1. The molecule has 2 rings (SSSR count). The standard InChI is InChI=1S/C10H11N3O3/c1-16-10(15)6-8(14)7-5-9-11-3-2-4-13(9)12-7/h2-5,8,14H,6H2,1H3. The summed E-state index contributed by atoms with van der Waals surface area (Å²) < 4.78 is 6.00. The van der Waals surface area contributed by atoms with Crippen molar-refractivity contribution in [1.29, 1.82) is 0 Å². The minimum absolute atomic E-state index is 0.111. The molecule has 1 N–H and O–H groups in total. The predicted molar refractivity (Wildman–Crippen MR) is 54.6 cm³/mol. The SMILES string of the molecule is COC(=O)CC(O)c1cc2ncccn2n1. The van der Waals surface area contributed by atoms with Gasteiger partial charge in [-0.2, -0.15) is 5.10 Å². The maximum atomic E-state index is 11.0. The normalized spacial score (nSPS) is 12.6. The Morgan fingerprint density at radius 1 is 1.69 bits per heavy atom. The number of methoxy groups -OCH3 is 1. The van der Waals surface area contributed by atoms with Gasteiger partial charge in [-0.3, -0.25) is 4.79 Å². The Balaban J connectivity index is 2.23. The minimum Gasteiger partial charge on any atom is -0.469 e. The molecule has 1 atom stereocenters. The van der Waals surface area contributed by atoms with E-state index in [0.717, 1.165) is 0 Å². The molecule has 0 amide bonds. The summed E-state index contributed by atoms with van der Waals surface area (Å²) in [6.45, 7) is 0. The third-order valence-electron chi connectivity index (χ3n) is 2.18. The van der Waals surface area contributed by atoms with Crippen LogP contribution < -0.4 is 0 Å². The number of esters is 1. The molecule has 0 aliphatic heterocycles. The Kier molecular flexibility index (Phi) is 2.82. The molecule has 0 saturated carbocycles. The van der Waals surface area contributed by atoms with E-state index in [0.29, 0.717) is 11.3 Å². The minimum atomic E-state index is -0.964. The predicted octanol–water partition coefficient (Wildman–Crippen LogP) is 0.326. The molecule has 0 radical (unpaired) electrons. The van der Waals surface area contributed by atoms with E-state index in [1.807, 2.05) is 0 Å². The average molecular weight is 221 g/mol. The fourth-order valence-corrected chi connectivity index (χ4v) is 1.36. The first-order chi connectivity index (χ1) is 7.70. The van der Waals surface area contributed by atoms with Gasteiger partial charge in [0.05, 0.1) is 19.2 Å². The van der Waals surface area contributed by atoms with Gasteiger partial charge in [-0.1, -0.05) is 0 Å². The van der Waals surface area contributed by atoms with Crippen LogP contribution in [0, 0.1) is 0 Å². The summed E-state index contributed by atoms with van der Waals surface area (Å²) in [6.07, 6.45) is 2.28. The van der Waals surface area contributed by atoms with Gasteiger partial charge in [0.15, 0.2) is 5.65 Å². The summed E-state index contributed by atoms with van der Waals surface area (Å²) in [4.78, 5) is 15.0. The molecule has 6 nitrogen and oxygen atoms in total. The first kappa shape index (κ1) is 10.6. The van der Waals surface area contributed by atoms with Crippen LogP contribution >= 0.6 is 0 Å². The Morgan fingerprint density at radius 3 is 3.19 bits per heavy atom. The molecular weight excluding hydrogens is 210 g/mol. The van der Waals surface area contributed by atoms with E-state index < -0.39 is 12.1 Å². The summed E-state index contributed by atoms with van der Waals surface area (Å²) in [5.41, 5.74) is 1.03. The van der Waals surface area contributed by atoms with E-state index in [2.05, 4.69) is 14.8 Å². The highest BCUT2D eigenvalue weighted by Gasteiger charge is 2.16. The number of aromatic nitrogens is 3. The zero-order chi connectivity index (χ0) is 11.5. The fraction of sp³-hybridized carbons (Fsp3) is 0.300.